The van der Waals surface area contributed by atoms with Crippen molar-refractivity contribution in [2.75, 3.05) is 11.1 Å². The van der Waals surface area contributed by atoms with E-state index in [-0.39, 0.29) is 29.2 Å². The lowest BCUT2D eigenvalue weighted by molar-refractivity contribution is -0.122. The lowest BCUT2D eigenvalue weighted by atomic mass is 9.96. The first-order chi connectivity index (χ1) is 13.4. The van der Waals surface area contributed by atoms with Gasteiger partial charge in [-0.05, 0) is 38.0 Å². The van der Waals surface area contributed by atoms with E-state index in [0.717, 1.165) is 30.6 Å². The van der Waals surface area contributed by atoms with Crippen LogP contribution in [-0.4, -0.2) is 37.3 Å². The van der Waals surface area contributed by atoms with Gasteiger partial charge in [-0.3, -0.25) is 9.59 Å². The maximum Gasteiger partial charge on any atom is 0.234 e. The standard InChI is InChI=1S/C20H28N2O4S2/c1-14(11-19(23)21-15-7-5-3-2-4-6-8-15)28(25,26)16-9-10-18-17(12-16)22-20(24)13-27-18/h9-10,12,14-15H,2-8,11,13H2,1H3,(H,21,23)(H,22,24)/t14-/m1/s1. The average molecular weight is 425 g/mol. The van der Waals surface area contributed by atoms with Crippen LogP contribution in [0.3, 0.4) is 0 Å². The molecular weight excluding hydrogens is 396 g/mol. The molecule has 1 heterocycles. The first kappa shape index (κ1) is 21.2. The van der Waals surface area contributed by atoms with Gasteiger partial charge in [0.1, 0.15) is 0 Å². The topological polar surface area (TPSA) is 92.3 Å². The Bertz CT molecular complexity index is 831. The molecule has 1 aliphatic heterocycles. The second kappa shape index (κ2) is 9.31. The second-order valence-electron chi connectivity index (χ2n) is 7.66. The van der Waals surface area contributed by atoms with Crippen molar-refractivity contribution in [3.63, 3.8) is 0 Å². The third kappa shape index (κ3) is 5.29. The summed E-state index contributed by atoms with van der Waals surface area (Å²) in [5.74, 6) is -0.0150. The van der Waals surface area contributed by atoms with E-state index in [2.05, 4.69) is 10.6 Å². The number of nitrogens with one attached hydrogen (secondary N) is 2. The van der Waals surface area contributed by atoms with Crippen LogP contribution in [0, 0.1) is 0 Å². The first-order valence-corrected chi connectivity index (χ1v) is 12.5. The van der Waals surface area contributed by atoms with Crippen LogP contribution in [0.2, 0.25) is 0 Å². The smallest absolute Gasteiger partial charge is 0.234 e. The predicted octanol–water partition coefficient (Wildman–Crippen LogP) is 3.51. The molecule has 0 aromatic heterocycles. The molecule has 1 atom stereocenters. The van der Waals surface area contributed by atoms with E-state index in [9.17, 15) is 18.0 Å². The molecule has 0 bridgehead atoms. The van der Waals surface area contributed by atoms with Gasteiger partial charge >= 0.3 is 0 Å². The molecule has 1 aromatic carbocycles. The van der Waals surface area contributed by atoms with Gasteiger partial charge in [0.15, 0.2) is 9.84 Å². The van der Waals surface area contributed by atoms with E-state index >= 15 is 0 Å². The van der Waals surface area contributed by atoms with Gasteiger partial charge in [-0.25, -0.2) is 8.42 Å². The molecule has 2 N–H and O–H groups in total. The number of carbonyl (C=O) groups excluding carboxylic acids is 2. The third-order valence-electron chi connectivity index (χ3n) is 5.39. The Kier molecular flexibility index (Phi) is 7.04. The number of rotatable bonds is 5. The molecule has 0 radical (unpaired) electrons. The van der Waals surface area contributed by atoms with E-state index in [1.54, 1.807) is 19.1 Å². The Hall–Kier alpha value is -1.54. The Morgan fingerprint density at radius 2 is 1.89 bits per heavy atom. The van der Waals surface area contributed by atoms with Crippen molar-refractivity contribution in [1.82, 2.24) is 5.32 Å². The molecule has 1 saturated carbocycles. The van der Waals surface area contributed by atoms with Crippen LogP contribution in [0.15, 0.2) is 28.0 Å². The maximum absolute atomic E-state index is 12.9. The SMILES string of the molecule is C[C@H](CC(=O)NC1CCCCCCC1)S(=O)(=O)c1ccc2c(c1)NC(=O)CS2. The van der Waals surface area contributed by atoms with E-state index in [0.29, 0.717) is 11.4 Å². The van der Waals surface area contributed by atoms with Gasteiger partial charge in [-0.1, -0.05) is 32.1 Å². The highest BCUT2D eigenvalue weighted by molar-refractivity contribution is 8.00. The monoisotopic (exact) mass is 424 g/mol. The Morgan fingerprint density at radius 3 is 2.61 bits per heavy atom. The minimum Gasteiger partial charge on any atom is -0.353 e. The summed E-state index contributed by atoms with van der Waals surface area (Å²) in [5.41, 5.74) is 0.522. The third-order valence-corrected chi connectivity index (χ3v) is 8.60. The predicted molar refractivity (Wildman–Crippen MR) is 111 cm³/mol. The van der Waals surface area contributed by atoms with Crippen molar-refractivity contribution in [2.45, 2.75) is 79.4 Å². The fourth-order valence-corrected chi connectivity index (χ4v) is 5.89. The zero-order chi connectivity index (χ0) is 20.1. The van der Waals surface area contributed by atoms with Crippen molar-refractivity contribution >= 4 is 39.1 Å². The molecule has 0 unspecified atom stereocenters. The summed E-state index contributed by atoms with van der Waals surface area (Å²) in [6.45, 7) is 1.57. The Balaban J connectivity index is 1.64. The van der Waals surface area contributed by atoms with Crippen molar-refractivity contribution in [2.24, 2.45) is 0 Å². The maximum atomic E-state index is 12.9. The number of hydrogen-bond acceptors (Lipinski definition) is 5. The van der Waals surface area contributed by atoms with Crippen molar-refractivity contribution < 1.29 is 18.0 Å². The summed E-state index contributed by atoms with van der Waals surface area (Å²) in [5, 5.41) is 4.92. The number of benzene rings is 1. The molecule has 6 nitrogen and oxygen atoms in total. The first-order valence-electron chi connectivity index (χ1n) is 9.96. The van der Waals surface area contributed by atoms with Crippen LogP contribution in [-0.2, 0) is 19.4 Å². The molecule has 1 aliphatic carbocycles. The van der Waals surface area contributed by atoms with Gasteiger partial charge < -0.3 is 10.6 Å². The van der Waals surface area contributed by atoms with Gasteiger partial charge in [0, 0.05) is 17.4 Å². The summed E-state index contributed by atoms with van der Waals surface area (Å²) >= 11 is 1.39. The number of carbonyl (C=O) groups is 2. The molecule has 28 heavy (non-hydrogen) atoms. The molecule has 2 amide bonds. The second-order valence-corrected chi connectivity index (χ2v) is 11.0. The molecule has 1 aromatic rings. The fourth-order valence-electron chi connectivity index (χ4n) is 3.73. The van der Waals surface area contributed by atoms with Gasteiger partial charge in [0.25, 0.3) is 0 Å². The summed E-state index contributed by atoms with van der Waals surface area (Å²) in [4.78, 5) is 25.0. The number of hydrogen-bond donors (Lipinski definition) is 2. The quantitative estimate of drug-likeness (QED) is 0.755. The highest BCUT2D eigenvalue weighted by Crippen LogP contribution is 2.34. The number of thioether (sulfide) groups is 1. The minimum atomic E-state index is -3.66. The molecule has 3 rings (SSSR count). The zero-order valence-corrected chi connectivity index (χ0v) is 17.8. The van der Waals surface area contributed by atoms with E-state index in [1.165, 1.54) is 37.1 Å². The van der Waals surface area contributed by atoms with E-state index in [4.69, 9.17) is 0 Å². The number of amides is 2. The summed E-state index contributed by atoms with van der Waals surface area (Å²) in [6, 6.07) is 4.92. The molecular formula is C20H28N2O4S2. The molecule has 8 heteroatoms. The largest absolute Gasteiger partial charge is 0.353 e. The van der Waals surface area contributed by atoms with Gasteiger partial charge in [-0.15, -0.1) is 11.8 Å². The van der Waals surface area contributed by atoms with E-state index < -0.39 is 15.1 Å². The number of sulfone groups is 1. The van der Waals surface area contributed by atoms with Gasteiger partial charge in [0.05, 0.1) is 21.6 Å². The molecule has 0 saturated heterocycles. The van der Waals surface area contributed by atoms with Gasteiger partial charge in [-0.2, -0.15) is 0 Å². The summed E-state index contributed by atoms with van der Waals surface area (Å²) in [6.07, 6.45) is 7.75. The minimum absolute atomic E-state index is 0.0585. The summed E-state index contributed by atoms with van der Waals surface area (Å²) < 4.78 is 25.9. The van der Waals surface area contributed by atoms with Crippen LogP contribution in [0.1, 0.15) is 58.3 Å². The lowest BCUT2D eigenvalue weighted by Gasteiger charge is -2.22. The Labute approximate surface area is 171 Å². The highest BCUT2D eigenvalue weighted by atomic mass is 32.2. The average Bonchev–Trinajstić information content (AvgIpc) is 2.63. The van der Waals surface area contributed by atoms with Crippen LogP contribution >= 0.6 is 11.8 Å². The lowest BCUT2D eigenvalue weighted by Crippen LogP contribution is -2.37. The van der Waals surface area contributed by atoms with Crippen LogP contribution in [0.5, 0.6) is 0 Å². The normalized spacial score (nSPS) is 19.7. The Morgan fingerprint density at radius 1 is 1.21 bits per heavy atom. The van der Waals surface area contributed by atoms with Crippen molar-refractivity contribution in [3.8, 4) is 0 Å². The molecule has 154 valence electrons. The molecule has 0 spiro atoms. The van der Waals surface area contributed by atoms with E-state index in [1.807, 2.05) is 0 Å². The van der Waals surface area contributed by atoms with Crippen LogP contribution in [0.25, 0.3) is 0 Å². The van der Waals surface area contributed by atoms with Crippen molar-refractivity contribution in [3.05, 3.63) is 18.2 Å². The number of anilines is 1. The fraction of sp³-hybridized carbons (Fsp3) is 0.600. The van der Waals surface area contributed by atoms with Gasteiger partial charge in [0.2, 0.25) is 11.8 Å². The molecule has 1 fully saturated rings. The highest BCUT2D eigenvalue weighted by Gasteiger charge is 2.28. The number of fused-ring (bicyclic) bond motifs is 1. The van der Waals surface area contributed by atoms with Crippen LogP contribution in [0.4, 0.5) is 5.69 Å². The van der Waals surface area contributed by atoms with Crippen molar-refractivity contribution in [1.29, 1.82) is 0 Å². The zero-order valence-electron chi connectivity index (χ0n) is 16.2. The molecule has 2 aliphatic rings. The van der Waals surface area contributed by atoms with Crippen LogP contribution < -0.4 is 10.6 Å². The summed E-state index contributed by atoms with van der Waals surface area (Å²) in [7, 11) is -3.66.